The molecule has 1 saturated carbocycles. The summed E-state index contributed by atoms with van der Waals surface area (Å²) in [6.07, 6.45) is 5.43. The first-order valence-corrected chi connectivity index (χ1v) is 6.69. The van der Waals surface area contributed by atoms with Crippen LogP contribution in [0, 0.1) is 0 Å². The lowest BCUT2D eigenvalue weighted by Crippen LogP contribution is -2.16. The van der Waals surface area contributed by atoms with Crippen LogP contribution in [0.15, 0.2) is 10.7 Å². The molecule has 1 fully saturated rings. The molecule has 0 unspecified atom stereocenters. The van der Waals surface area contributed by atoms with Gasteiger partial charge in [0, 0.05) is 12.6 Å². The summed E-state index contributed by atoms with van der Waals surface area (Å²) in [6, 6.07) is 1.67. The van der Waals surface area contributed by atoms with E-state index in [-0.39, 0.29) is 0 Å². The Balaban J connectivity index is 1.70. The van der Waals surface area contributed by atoms with Gasteiger partial charge in [0.15, 0.2) is 0 Å². The zero-order chi connectivity index (χ0) is 12.1. The first-order chi connectivity index (χ1) is 8.24. The zero-order valence-corrected chi connectivity index (χ0v) is 11.2. The van der Waals surface area contributed by atoms with Crippen LogP contribution in [-0.4, -0.2) is 29.2 Å². The Morgan fingerprint density at radius 2 is 2.18 bits per heavy atom. The molecule has 0 aromatic carbocycles. The third-order valence-corrected chi connectivity index (χ3v) is 3.16. The number of hydrogen-bond acceptors (Lipinski definition) is 5. The highest BCUT2D eigenvalue weighted by Crippen LogP contribution is 2.20. The minimum absolute atomic E-state index is 0.449. The summed E-state index contributed by atoms with van der Waals surface area (Å²) >= 11 is 3.27. The van der Waals surface area contributed by atoms with Gasteiger partial charge in [0.1, 0.15) is 10.4 Å². The summed E-state index contributed by atoms with van der Waals surface area (Å²) in [6.45, 7) is 1.38. The molecular formula is C11H17BrN4O. The minimum atomic E-state index is 0.449. The van der Waals surface area contributed by atoms with Crippen LogP contribution in [0.3, 0.4) is 0 Å². The van der Waals surface area contributed by atoms with Crippen molar-refractivity contribution in [3.8, 4) is 0 Å². The van der Waals surface area contributed by atoms with Crippen molar-refractivity contribution in [1.82, 2.24) is 9.97 Å². The lowest BCUT2D eigenvalue weighted by atomic mass is 10.3. The topological polar surface area (TPSA) is 73.1 Å². The van der Waals surface area contributed by atoms with Gasteiger partial charge in [-0.1, -0.05) is 12.8 Å². The van der Waals surface area contributed by atoms with Gasteiger partial charge in [0.25, 0.3) is 0 Å². The molecule has 0 atom stereocenters. The second-order valence-corrected chi connectivity index (χ2v) is 4.96. The number of halogens is 1. The monoisotopic (exact) mass is 300 g/mol. The molecule has 1 aromatic heterocycles. The lowest BCUT2D eigenvalue weighted by molar-refractivity contribution is 0.0658. The van der Waals surface area contributed by atoms with Gasteiger partial charge in [0.05, 0.1) is 12.7 Å². The highest BCUT2D eigenvalue weighted by atomic mass is 79.9. The van der Waals surface area contributed by atoms with Crippen molar-refractivity contribution >= 4 is 27.7 Å². The fraction of sp³-hybridized carbons (Fsp3) is 0.636. The van der Waals surface area contributed by atoms with Crippen molar-refractivity contribution < 1.29 is 4.74 Å². The Morgan fingerprint density at radius 1 is 1.41 bits per heavy atom. The third-order valence-electron chi connectivity index (χ3n) is 2.76. The van der Waals surface area contributed by atoms with E-state index in [2.05, 4.69) is 31.2 Å². The molecule has 3 N–H and O–H groups in total. The number of rotatable bonds is 5. The largest absolute Gasteiger partial charge is 0.383 e. The van der Waals surface area contributed by atoms with E-state index in [1.165, 1.54) is 25.7 Å². The number of ether oxygens (including phenoxy) is 1. The predicted octanol–water partition coefficient (Wildman–Crippen LogP) is 2.19. The smallest absolute Gasteiger partial charge is 0.225 e. The molecule has 1 aliphatic rings. The van der Waals surface area contributed by atoms with Gasteiger partial charge in [-0.25, -0.2) is 4.98 Å². The molecule has 6 heteroatoms. The number of nitrogens with one attached hydrogen (secondary N) is 1. The number of anilines is 2. The molecule has 0 amide bonds. The molecule has 0 spiro atoms. The molecule has 94 valence electrons. The number of nitrogens with zero attached hydrogens (tertiary/aromatic N) is 2. The van der Waals surface area contributed by atoms with Crippen molar-refractivity contribution in [3.63, 3.8) is 0 Å². The number of hydrogen-bond donors (Lipinski definition) is 2. The third kappa shape index (κ3) is 4.12. The highest BCUT2D eigenvalue weighted by molar-refractivity contribution is 9.10. The summed E-state index contributed by atoms with van der Waals surface area (Å²) in [7, 11) is 0. The van der Waals surface area contributed by atoms with Crippen LogP contribution in [0.2, 0.25) is 0 Å². The Labute approximate surface area is 109 Å². The molecule has 0 saturated heterocycles. The first kappa shape index (κ1) is 12.6. The van der Waals surface area contributed by atoms with Crippen molar-refractivity contribution in [3.05, 3.63) is 10.7 Å². The van der Waals surface area contributed by atoms with Crippen LogP contribution in [-0.2, 0) is 4.74 Å². The van der Waals surface area contributed by atoms with E-state index in [0.29, 0.717) is 35.6 Å². The molecule has 0 bridgehead atoms. The number of nitrogen functional groups attached to an aromatic ring is 1. The normalized spacial score (nSPS) is 16.3. The fourth-order valence-electron chi connectivity index (χ4n) is 1.96. The van der Waals surface area contributed by atoms with Gasteiger partial charge in [-0.3, -0.25) is 0 Å². The van der Waals surface area contributed by atoms with Crippen molar-refractivity contribution in [2.75, 3.05) is 24.2 Å². The average molecular weight is 301 g/mol. The molecule has 0 radical (unpaired) electrons. The molecule has 17 heavy (non-hydrogen) atoms. The summed E-state index contributed by atoms with van der Waals surface area (Å²) in [5, 5.41) is 3.09. The first-order valence-electron chi connectivity index (χ1n) is 5.89. The van der Waals surface area contributed by atoms with Crippen LogP contribution in [0.5, 0.6) is 0 Å². The summed E-state index contributed by atoms with van der Waals surface area (Å²) in [4.78, 5) is 8.24. The van der Waals surface area contributed by atoms with Crippen molar-refractivity contribution in [2.45, 2.75) is 31.8 Å². The van der Waals surface area contributed by atoms with Gasteiger partial charge >= 0.3 is 0 Å². The van der Waals surface area contributed by atoms with Crippen molar-refractivity contribution in [2.24, 2.45) is 0 Å². The molecule has 1 aromatic rings. The second-order valence-electron chi connectivity index (χ2n) is 4.14. The summed E-state index contributed by atoms with van der Waals surface area (Å²) in [5.74, 6) is 0.984. The van der Waals surface area contributed by atoms with Crippen LogP contribution in [0.1, 0.15) is 25.7 Å². The maximum absolute atomic E-state index is 5.72. The van der Waals surface area contributed by atoms with E-state index in [9.17, 15) is 0 Å². The van der Waals surface area contributed by atoms with Crippen LogP contribution < -0.4 is 11.1 Å². The Bertz CT molecular complexity index is 348. The van der Waals surface area contributed by atoms with Gasteiger partial charge < -0.3 is 15.8 Å². The number of aromatic nitrogens is 2. The molecule has 2 rings (SSSR count). The molecule has 1 aliphatic carbocycles. The predicted molar refractivity (Wildman–Crippen MR) is 70.8 cm³/mol. The molecular weight excluding hydrogens is 284 g/mol. The van der Waals surface area contributed by atoms with E-state index >= 15 is 0 Å². The van der Waals surface area contributed by atoms with Gasteiger partial charge in [-0.05, 0) is 28.8 Å². The zero-order valence-electron chi connectivity index (χ0n) is 9.66. The van der Waals surface area contributed by atoms with Gasteiger partial charge in [-0.2, -0.15) is 4.98 Å². The Kier molecular flexibility index (Phi) is 4.56. The van der Waals surface area contributed by atoms with Crippen LogP contribution in [0.25, 0.3) is 0 Å². The quantitative estimate of drug-likeness (QED) is 0.644. The summed E-state index contributed by atoms with van der Waals surface area (Å²) in [5.41, 5.74) is 5.61. The Morgan fingerprint density at radius 3 is 2.88 bits per heavy atom. The maximum Gasteiger partial charge on any atom is 0.225 e. The number of nitrogens with two attached hydrogens (primary N) is 1. The van der Waals surface area contributed by atoms with Crippen LogP contribution >= 0.6 is 15.9 Å². The van der Waals surface area contributed by atoms with Crippen molar-refractivity contribution in [1.29, 1.82) is 0 Å². The fourth-order valence-corrected chi connectivity index (χ4v) is 2.36. The van der Waals surface area contributed by atoms with Gasteiger partial charge in [0.2, 0.25) is 5.95 Å². The SMILES string of the molecule is Nc1cc(Br)nc(NCCOC2CCCC2)n1. The van der Waals surface area contributed by atoms with E-state index in [1.54, 1.807) is 6.07 Å². The van der Waals surface area contributed by atoms with E-state index in [1.807, 2.05) is 0 Å². The molecule has 5 nitrogen and oxygen atoms in total. The summed E-state index contributed by atoms with van der Waals surface area (Å²) < 4.78 is 6.41. The van der Waals surface area contributed by atoms with Crippen LogP contribution in [0.4, 0.5) is 11.8 Å². The Hall–Kier alpha value is -0.880. The van der Waals surface area contributed by atoms with E-state index in [0.717, 1.165) is 0 Å². The maximum atomic E-state index is 5.72. The highest BCUT2D eigenvalue weighted by Gasteiger charge is 2.14. The lowest BCUT2D eigenvalue weighted by Gasteiger charge is -2.11. The average Bonchev–Trinajstić information content (AvgIpc) is 2.76. The molecule has 0 aliphatic heterocycles. The van der Waals surface area contributed by atoms with Gasteiger partial charge in [-0.15, -0.1) is 0 Å². The minimum Gasteiger partial charge on any atom is -0.383 e. The molecule has 1 heterocycles. The standard InChI is InChI=1S/C11H17BrN4O/c12-9-7-10(13)16-11(15-9)14-5-6-17-8-3-1-2-4-8/h7-8H,1-6H2,(H3,13,14,15,16). The van der Waals surface area contributed by atoms with E-state index < -0.39 is 0 Å². The second kappa shape index (κ2) is 6.16. The van der Waals surface area contributed by atoms with E-state index in [4.69, 9.17) is 10.5 Å².